The lowest BCUT2D eigenvalue weighted by atomic mass is 9.96. The molecule has 3 heteroatoms. The van der Waals surface area contributed by atoms with Crippen molar-refractivity contribution in [3.63, 3.8) is 0 Å². The molecule has 0 bridgehead atoms. The SMILES string of the molecule is C=CC[C@H]1CC(=C)C[C@@H](/C=C(\C)C(=O)OCC)O1. The lowest BCUT2D eigenvalue weighted by Gasteiger charge is -2.29. The first-order valence-electron chi connectivity index (χ1n) is 6.35. The second-order valence-corrected chi connectivity index (χ2v) is 4.55. The summed E-state index contributed by atoms with van der Waals surface area (Å²) in [6, 6.07) is 0. The van der Waals surface area contributed by atoms with Gasteiger partial charge in [0.25, 0.3) is 0 Å². The van der Waals surface area contributed by atoms with Crippen molar-refractivity contribution in [2.24, 2.45) is 0 Å². The van der Waals surface area contributed by atoms with Crippen LogP contribution in [0.5, 0.6) is 0 Å². The maximum Gasteiger partial charge on any atom is 0.333 e. The van der Waals surface area contributed by atoms with Crippen LogP contribution in [-0.2, 0) is 14.3 Å². The van der Waals surface area contributed by atoms with Gasteiger partial charge in [-0.1, -0.05) is 18.2 Å². The number of ether oxygens (including phenoxy) is 2. The Bertz CT molecular complexity index is 355. The van der Waals surface area contributed by atoms with E-state index < -0.39 is 0 Å². The highest BCUT2D eigenvalue weighted by atomic mass is 16.5. The van der Waals surface area contributed by atoms with Gasteiger partial charge in [-0.25, -0.2) is 4.79 Å². The summed E-state index contributed by atoms with van der Waals surface area (Å²) >= 11 is 0. The minimum absolute atomic E-state index is 0.0828. The maximum absolute atomic E-state index is 11.5. The lowest BCUT2D eigenvalue weighted by molar-refractivity contribution is -0.138. The summed E-state index contributed by atoms with van der Waals surface area (Å²) < 4.78 is 10.8. The van der Waals surface area contributed by atoms with Crippen LogP contribution >= 0.6 is 0 Å². The number of carbonyl (C=O) groups is 1. The topological polar surface area (TPSA) is 35.5 Å². The van der Waals surface area contributed by atoms with Gasteiger partial charge in [0.2, 0.25) is 0 Å². The molecule has 1 saturated heterocycles. The van der Waals surface area contributed by atoms with E-state index in [0.717, 1.165) is 24.8 Å². The monoisotopic (exact) mass is 250 g/mol. The molecule has 0 unspecified atom stereocenters. The molecule has 0 amide bonds. The minimum atomic E-state index is -0.280. The van der Waals surface area contributed by atoms with Crippen molar-refractivity contribution < 1.29 is 14.3 Å². The van der Waals surface area contributed by atoms with E-state index in [2.05, 4.69) is 13.2 Å². The fraction of sp³-hybridized carbons (Fsp3) is 0.533. The number of carbonyl (C=O) groups excluding carboxylic acids is 1. The van der Waals surface area contributed by atoms with Crippen molar-refractivity contribution in [1.82, 2.24) is 0 Å². The molecule has 0 aliphatic carbocycles. The molecular weight excluding hydrogens is 228 g/mol. The molecule has 0 aromatic heterocycles. The first-order valence-corrected chi connectivity index (χ1v) is 6.35. The van der Waals surface area contributed by atoms with Crippen LogP contribution in [0.15, 0.2) is 36.5 Å². The van der Waals surface area contributed by atoms with E-state index in [4.69, 9.17) is 9.47 Å². The Morgan fingerprint density at radius 2 is 2.28 bits per heavy atom. The second kappa shape index (κ2) is 7.17. The van der Waals surface area contributed by atoms with Crippen molar-refractivity contribution in [1.29, 1.82) is 0 Å². The van der Waals surface area contributed by atoms with E-state index in [1.807, 2.05) is 12.2 Å². The Morgan fingerprint density at radius 1 is 1.56 bits per heavy atom. The van der Waals surface area contributed by atoms with Gasteiger partial charge < -0.3 is 9.47 Å². The van der Waals surface area contributed by atoms with Crippen LogP contribution in [0.1, 0.15) is 33.1 Å². The molecule has 1 rings (SSSR count). The summed E-state index contributed by atoms with van der Waals surface area (Å²) in [6.07, 6.45) is 6.17. The third-order valence-corrected chi connectivity index (χ3v) is 2.84. The largest absolute Gasteiger partial charge is 0.463 e. The number of hydrogen-bond acceptors (Lipinski definition) is 3. The average molecular weight is 250 g/mol. The Hall–Kier alpha value is -1.35. The molecule has 0 spiro atoms. The Kier molecular flexibility index (Phi) is 5.86. The number of esters is 1. The van der Waals surface area contributed by atoms with Crippen LogP contribution in [0, 0.1) is 0 Å². The standard InChI is InChI=1S/C15H22O3/c1-5-7-13-8-11(3)9-14(18-13)10-12(4)15(16)17-6-2/h5,10,13-14H,1,3,6-9H2,2,4H3/b12-10+/t13-,14-/m0/s1. The summed E-state index contributed by atoms with van der Waals surface area (Å²) in [5.41, 5.74) is 1.75. The van der Waals surface area contributed by atoms with Gasteiger partial charge >= 0.3 is 5.97 Å². The molecule has 1 aliphatic rings. The van der Waals surface area contributed by atoms with Gasteiger partial charge in [0.15, 0.2) is 0 Å². The molecular formula is C15H22O3. The highest BCUT2D eigenvalue weighted by Gasteiger charge is 2.23. The predicted octanol–water partition coefficient (Wildman–Crippen LogP) is 3.18. The van der Waals surface area contributed by atoms with Gasteiger partial charge in [-0.3, -0.25) is 0 Å². The van der Waals surface area contributed by atoms with E-state index in [-0.39, 0.29) is 18.2 Å². The Balaban J connectivity index is 2.64. The van der Waals surface area contributed by atoms with E-state index in [9.17, 15) is 4.79 Å². The van der Waals surface area contributed by atoms with Crippen molar-refractivity contribution in [3.05, 3.63) is 36.5 Å². The number of hydrogen-bond donors (Lipinski definition) is 0. The summed E-state index contributed by atoms with van der Waals surface area (Å²) in [7, 11) is 0. The molecule has 3 nitrogen and oxygen atoms in total. The van der Waals surface area contributed by atoms with Crippen LogP contribution in [0.3, 0.4) is 0 Å². The third-order valence-electron chi connectivity index (χ3n) is 2.84. The predicted molar refractivity (Wildman–Crippen MR) is 72.2 cm³/mol. The van der Waals surface area contributed by atoms with Crippen LogP contribution in [0.25, 0.3) is 0 Å². The van der Waals surface area contributed by atoms with Crippen LogP contribution in [-0.4, -0.2) is 24.8 Å². The summed E-state index contributed by atoms with van der Waals surface area (Å²) in [4.78, 5) is 11.5. The fourth-order valence-electron chi connectivity index (χ4n) is 2.05. The van der Waals surface area contributed by atoms with Crippen LogP contribution in [0.2, 0.25) is 0 Å². The van der Waals surface area contributed by atoms with Crippen molar-refractivity contribution in [2.75, 3.05) is 6.61 Å². The zero-order chi connectivity index (χ0) is 13.5. The van der Waals surface area contributed by atoms with Crippen molar-refractivity contribution >= 4 is 5.97 Å². The molecule has 0 aromatic rings. The highest BCUT2D eigenvalue weighted by Crippen LogP contribution is 2.26. The molecule has 2 atom stereocenters. The molecule has 0 N–H and O–H groups in total. The van der Waals surface area contributed by atoms with E-state index in [0.29, 0.717) is 12.2 Å². The van der Waals surface area contributed by atoms with Gasteiger partial charge in [0, 0.05) is 5.57 Å². The Labute approximate surface area is 109 Å². The van der Waals surface area contributed by atoms with Crippen LogP contribution < -0.4 is 0 Å². The molecule has 1 aliphatic heterocycles. The summed E-state index contributed by atoms with van der Waals surface area (Å²) in [6.45, 7) is 11.7. The zero-order valence-corrected chi connectivity index (χ0v) is 11.3. The van der Waals surface area contributed by atoms with E-state index >= 15 is 0 Å². The highest BCUT2D eigenvalue weighted by molar-refractivity contribution is 5.87. The molecule has 0 saturated carbocycles. The van der Waals surface area contributed by atoms with E-state index in [1.54, 1.807) is 13.8 Å². The molecule has 0 aromatic carbocycles. The van der Waals surface area contributed by atoms with Crippen LogP contribution in [0.4, 0.5) is 0 Å². The van der Waals surface area contributed by atoms with Gasteiger partial charge in [-0.05, 0) is 39.2 Å². The molecule has 0 radical (unpaired) electrons. The number of rotatable bonds is 5. The fourth-order valence-corrected chi connectivity index (χ4v) is 2.05. The molecule has 1 fully saturated rings. The summed E-state index contributed by atoms with van der Waals surface area (Å²) in [5, 5.41) is 0. The van der Waals surface area contributed by atoms with Gasteiger partial charge in [0.1, 0.15) is 0 Å². The van der Waals surface area contributed by atoms with Gasteiger partial charge in [-0.2, -0.15) is 0 Å². The normalized spacial score (nSPS) is 24.8. The quantitative estimate of drug-likeness (QED) is 0.427. The Morgan fingerprint density at radius 3 is 2.89 bits per heavy atom. The third kappa shape index (κ3) is 4.49. The average Bonchev–Trinajstić information content (AvgIpc) is 2.28. The minimum Gasteiger partial charge on any atom is -0.463 e. The first-order chi connectivity index (χ1) is 8.56. The van der Waals surface area contributed by atoms with E-state index in [1.165, 1.54) is 0 Å². The van der Waals surface area contributed by atoms with Gasteiger partial charge in [0.05, 0.1) is 18.8 Å². The smallest absolute Gasteiger partial charge is 0.333 e. The maximum atomic E-state index is 11.5. The summed E-state index contributed by atoms with van der Waals surface area (Å²) in [5.74, 6) is -0.280. The van der Waals surface area contributed by atoms with Gasteiger partial charge in [-0.15, -0.1) is 6.58 Å². The lowest BCUT2D eigenvalue weighted by Crippen LogP contribution is -2.27. The zero-order valence-electron chi connectivity index (χ0n) is 11.3. The molecule has 18 heavy (non-hydrogen) atoms. The molecule has 1 heterocycles. The first kappa shape index (κ1) is 14.7. The second-order valence-electron chi connectivity index (χ2n) is 4.55. The molecule has 100 valence electrons. The van der Waals surface area contributed by atoms with Crippen molar-refractivity contribution in [3.8, 4) is 0 Å². The van der Waals surface area contributed by atoms with Crippen molar-refractivity contribution in [2.45, 2.75) is 45.3 Å².